The summed E-state index contributed by atoms with van der Waals surface area (Å²) in [5, 5.41) is 21.7. The van der Waals surface area contributed by atoms with Crippen LogP contribution in [-0.2, 0) is 0 Å². The van der Waals surface area contributed by atoms with Gasteiger partial charge in [-0.25, -0.2) is 13.2 Å². The molecule has 0 saturated heterocycles. The molecule has 1 aromatic carbocycles. The summed E-state index contributed by atoms with van der Waals surface area (Å²) in [6.07, 6.45) is -3.42. The minimum atomic E-state index is -1.81. The van der Waals surface area contributed by atoms with E-state index in [0.717, 1.165) is 0 Å². The van der Waals surface area contributed by atoms with E-state index in [1.807, 2.05) is 0 Å². The summed E-state index contributed by atoms with van der Waals surface area (Å²) in [6.45, 7) is -0.518. The molecule has 0 radical (unpaired) electrons. The third kappa shape index (κ3) is 3.10. The highest BCUT2D eigenvalue weighted by Crippen LogP contribution is 2.23. The highest BCUT2D eigenvalue weighted by molar-refractivity contribution is 5.23. The van der Waals surface area contributed by atoms with E-state index in [4.69, 9.17) is 5.53 Å². The summed E-state index contributed by atoms with van der Waals surface area (Å²) in [6, 6.07) is 0.697. The van der Waals surface area contributed by atoms with Gasteiger partial charge in [-0.05, 0) is 11.6 Å². The van der Waals surface area contributed by atoms with Gasteiger partial charge >= 0.3 is 0 Å². The molecule has 0 saturated carbocycles. The minimum absolute atomic E-state index is 0.258. The molecule has 0 heterocycles. The van der Waals surface area contributed by atoms with Crippen LogP contribution in [0.1, 0.15) is 11.7 Å². The van der Waals surface area contributed by atoms with Gasteiger partial charge < -0.3 is 10.2 Å². The molecule has 2 atom stereocenters. The summed E-state index contributed by atoms with van der Waals surface area (Å²) < 4.78 is 38.6. The molecule has 2 unspecified atom stereocenters. The number of aliphatic hydroxyl groups excluding tert-OH is 2. The highest BCUT2D eigenvalue weighted by Gasteiger charge is 2.23. The molecule has 0 bridgehead atoms. The predicted molar refractivity (Wildman–Crippen MR) is 51.3 cm³/mol. The monoisotopic (exact) mass is 247 g/mol. The van der Waals surface area contributed by atoms with E-state index >= 15 is 0 Å². The quantitative estimate of drug-likeness (QED) is 0.367. The SMILES string of the molecule is [N-]=[N+]=NCC(O)C(O)c1cc(F)c(F)cc1F. The van der Waals surface area contributed by atoms with Gasteiger partial charge in [0.25, 0.3) is 0 Å². The summed E-state index contributed by atoms with van der Waals surface area (Å²) in [7, 11) is 0. The Morgan fingerprint density at radius 1 is 1.18 bits per heavy atom. The van der Waals surface area contributed by atoms with Crippen molar-refractivity contribution in [2.45, 2.75) is 12.2 Å². The number of halogens is 3. The van der Waals surface area contributed by atoms with Crippen LogP contribution < -0.4 is 0 Å². The number of aliphatic hydroxyl groups is 2. The van der Waals surface area contributed by atoms with Crippen LogP contribution in [0.4, 0.5) is 13.2 Å². The lowest BCUT2D eigenvalue weighted by Crippen LogP contribution is -2.22. The van der Waals surface area contributed by atoms with Gasteiger partial charge in [0.2, 0.25) is 0 Å². The maximum absolute atomic E-state index is 13.2. The van der Waals surface area contributed by atoms with E-state index in [2.05, 4.69) is 10.0 Å². The van der Waals surface area contributed by atoms with E-state index in [1.54, 1.807) is 0 Å². The topological polar surface area (TPSA) is 89.2 Å². The molecule has 1 aromatic rings. The number of hydrogen-bond donors (Lipinski definition) is 2. The van der Waals surface area contributed by atoms with Crippen molar-refractivity contribution in [2.75, 3.05) is 6.54 Å². The molecule has 0 aliphatic carbocycles. The summed E-state index contributed by atoms with van der Waals surface area (Å²) >= 11 is 0. The molecule has 92 valence electrons. The summed E-state index contributed by atoms with van der Waals surface area (Å²) in [5.41, 5.74) is 7.38. The average molecular weight is 247 g/mol. The standard InChI is InChI=1S/C9H8F3N3O2/c10-5-2-7(12)6(11)1-4(5)9(17)8(16)3-14-15-13/h1-2,8-9,16-17H,3H2. The van der Waals surface area contributed by atoms with E-state index in [1.165, 1.54) is 0 Å². The van der Waals surface area contributed by atoms with E-state index in [-0.39, 0.29) is 6.07 Å². The summed E-state index contributed by atoms with van der Waals surface area (Å²) in [4.78, 5) is 2.33. The van der Waals surface area contributed by atoms with Gasteiger partial charge in [0.1, 0.15) is 11.9 Å². The van der Waals surface area contributed by atoms with E-state index in [0.29, 0.717) is 6.07 Å². The van der Waals surface area contributed by atoms with Crippen LogP contribution in [0.15, 0.2) is 17.2 Å². The van der Waals surface area contributed by atoms with E-state index in [9.17, 15) is 23.4 Å². The molecule has 0 spiro atoms. The Hall–Kier alpha value is -1.76. The molecule has 0 fully saturated rings. The second kappa shape index (κ2) is 5.53. The van der Waals surface area contributed by atoms with Crippen LogP contribution in [0.5, 0.6) is 0 Å². The fraction of sp³-hybridized carbons (Fsp3) is 0.333. The lowest BCUT2D eigenvalue weighted by molar-refractivity contribution is 0.0220. The van der Waals surface area contributed by atoms with Crippen molar-refractivity contribution >= 4 is 0 Å². The molecule has 17 heavy (non-hydrogen) atoms. The third-order valence-electron chi connectivity index (χ3n) is 2.05. The van der Waals surface area contributed by atoms with Gasteiger partial charge in [0.15, 0.2) is 11.6 Å². The zero-order valence-electron chi connectivity index (χ0n) is 8.39. The zero-order valence-corrected chi connectivity index (χ0v) is 8.39. The van der Waals surface area contributed by atoms with Crippen molar-refractivity contribution in [3.8, 4) is 0 Å². The van der Waals surface area contributed by atoms with Crippen LogP contribution in [0, 0.1) is 17.5 Å². The van der Waals surface area contributed by atoms with Crippen molar-refractivity contribution in [3.63, 3.8) is 0 Å². The first kappa shape index (κ1) is 13.3. The normalized spacial score (nSPS) is 13.9. The van der Waals surface area contributed by atoms with Gasteiger partial charge in [-0.1, -0.05) is 5.11 Å². The third-order valence-corrected chi connectivity index (χ3v) is 2.05. The molecule has 5 nitrogen and oxygen atoms in total. The highest BCUT2D eigenvalue weighted by atomic mass is 19.2. The fourth-order valence-corrected chi connectivity index (χ4v) is 1.19. The van der Waals surface area contributed by atoms with Crippen molar-refractivity contribution < 1.29 is 23.4 Å². The molecule has 1 rings (SSSR count). The number of rotatable bonds is 4. The Balaban J connectivity index is 2.99. The van der Waals surface area contributed by atoms with Crippen LogP contribution in [0.25, 0.3) is 10.4 Å². The lowest BCUT2D eigenvalue weighted by atomic mass is 10.0. The Bertz CT molecular complexity index is 463. The summed E-state index contributed by atoms with van der Waals surface area (Å²) in [5.74, 6) is -3.95. The molecule has 0 aliphatic rings. The molecular formula is C9H8F3N3O2. The van der Waals surface area contributed by atoms with Crippen LogP contribution >= 0.6 is 0 Å². The van der Waals surface area contributed by atoms with Crippen molar-refractivity contribution in [3.05, 3.63) is 45.6 Å². The molecule has 0 aromatic heterocycles. The number of hydrogen-bond acceptors (Lipinski definition) is 3. The first-order chi connectivity index (χ1) is 7.97. The maximum Gasteiger partial charge on any atom is 0.161 e. The van der Waals surface area contributed by atoms with Crippen molar-refractivity contribution in [1.29, 1.82) is 0 Å². The molecule has 0 aliphatic heterocycles. The minimum Gasteiger partial charge on any atom is -0.390 e. The fourth-order valence-electron chi connectivity index (χ4n) is 1.19. The van der Waals surface area contributed by atoms with Crippen molar-refractivity contribution in [1.82, 2.24) is 0 Å². The van der Waals surface area contributed by atoms with Gasteiger partial charge in [0.05, 0.1) is 12.6 Å². The lowest BCUT2D eigenvalue weighted by Gasteiger charge is -2.16. The first-order valence-corrected chi connectivity index (χ1v) is 4.48. The van der Waals surface area contributed by atoms with Crippen LogP contribution in [-0.4, -0.2) is 22.9 Å². The number of azide groups is 1. The Morgan fingerprint density at radius 3 is 2.35 bits per heavy atom. The average Bonchev–Trinajstić information content (AvgIpc) is 2.29. The van der Waals surface area contributed by atoms with Crippen molar-refractivity contribution in [2.24, 2.45) is 5.11 Å². The van der Waals surface area contributed by atoms with E-state index < -0.39 is 41.8 Å². The number of nitrogens with zero attached hydrogens (tertiary/aromatic N) is 3. The molecule has 2 N–H and O–H groups in total. The predicted octanol–water partition coefficient (Wildman–Crippen LogP) is 1.81. The second-order valence-electron chi connectivity index (χ2n) is 3.21. The van der Waals surface area contributed by atoms with Gasteiger partial charge in [0, 0.05) is 16.5 Å². The first-order valence-electron chi connectivity index (χ1n) is 4.48. The van der Waals surface area contributed by atoms with Crippen LogP contribution in [0.3, 0.4) is 0 Å². The number of benzene rings is 1. The van der Waals surface area contributed by atoms with Crippen LogP contribution in [0.2, 0.25) is 0 Å². The second-order valence-corrected chi connectivity index (χ2v) is 3.21. The Labute approximate surface area is 93.7 Å². The smallest absolute Gasteiger partial charge is 0.161 e. The molecule has 0 amide bonds. The molecule has 8 heteroatoms. The maximum atomic E-state index is 13.2. The largest absolute Gasteiger partial charge is 0.390 e. The Morgan fingerprint density at radius 2 is 1.76 bits per heavy atom. The van der Waals surface area contributed by atoms with Gasteiger partial charge in [-0.3, -0.25) is 0 Å². The zero-order chi connectivity index (χ0) is 13.0. The molecular weight excluding hydrogens is 239 g/mol. The Kier molecular flexibility index (Phi) is 4.33. The van der Waals surface area contributed by atoms with Gasteiger partial charge in [-0.15, -0.1) is 0 Å². The van der Waals surface area contributed by atoms with Gasteiger partial charge in [-0.2, -0.15) is 0 Å².